The quantitative estimate of drug-likeness (QED) is 0.544. The molecule has 7 heteroatoms. The number of carbonyl (C=O) groups excluding carboxylic acids is 1. The number of aromatic nitrogens is 4. The average molecular weight is 387 g/mol. The molecule has 4 rings (SSSR count). The average Bonchev–Trinajstić information content (AvgIpc) is 3.39. The van der Waals surface area contributed by atoms with Crippen LogP contribution in [-0.2, 0) is 6.54 Å². The van der Waals surface area contributed by atoms with Crippen molar-refractivity contribution in [3.63, 3.8) is 0 Å². The summed E-state index contributed by atoms with van der Waals surface area (Å²) >= 11 is 0. The molecule has 146 valence electrons. The first kappa shape index (κ1) is 18.6. The number of amides is 1. The normalized spacial score (nSPS) is 11.9. The van der Waals surface area contributed by atoms with Crippen molar-refractivity contribution >= 4 is 5.91 Å². The molecule has 4 aromatic rings. The Hall–Kier alpha value is -3.74. The Morgan fingerprint density at radius 1 is 1.14 bits per heavy atom. The summed E-state index contributed by atoms with van der Waals surface area (Å²) in [5.74, 6) is -0.186. The monoisotopic (exact) mass is 387 g/mol. The number of hydrogen-bond acceptors (Lipinski definition) is 5. The van der Waals surface area contributed by atoms with Crippen LogP contribution in [0.1, 0.15) is 40.3 Å². The molecule has 0 aliphatic rings. The van der Waals surface area contributed by atoms with Gasteiger partial charge in [-0.05, 0) is 37.1 Å². The summed E-state index contributed by atoms with van der Waals surface area (Å²) in [5, 5.41) is 11.4. The molecule has 1 amide bonds. The highest BCUT2D eigenvalue weighted by Crippen LogP contribution is 2.25. The van der Waals surface area contributed by atoms with Crippen LogP contribution < -0.4 is 5.32 Å². The Kier molecular flexibility index (Phi) is 5.20. The second kappa shape index (κ2) is 8.10. The fourth-order valence-electron chi connectivity index (χ4n) is 3.29. The Morgan fingerprint density at radius 2 is 1.86 bits per heavy atom. The van der Waals surface area contributed by atoms with Crippen LogP contribution >= 0.6 is 0 Å². The molecule has 7 nitrogen and oxygen atoms in total. The molecule has 29 heavy (non-hydrogen) atoms. The van der Waals surface area contributed by atoms with Gasteiger partial charge < -0.3 is 9.84 Å². The minimum absolute atomic E-state index is 0.152. The van der Waals surface area contributed by atoms with Gasteiger partial charge in [0.05, 0.1) is 12.2 Å². The summed E-state index contributed by atoms with van der Waals surface area (Å²) in [6.07, 6.45) is 5.15. The molecule has 1 N–H and O–H groups in total. The molecule has 0 saturated carbocycles. The molecule has 0 aliphatic heterocycles. The van der Waals surface area contributed by atoms with Crippen LogP contribution in [0, 0.1) is 6.92 Å². The summed E-state index contributed by atoms with van der Waals surface area (Å²) in [5.41, 5.74) is 4.31. The van der Waals surface area contributed by atoms with Gasteiger partial charge >= 0.3 is 0 Å². The predicted molar refractivity (Wildman–Crippen MR) is 108 cm³/mol. The van der Waals surface area contributed by atoms with Gasteiger partial charge in [-0.1, -0.05) is 35.5 Å². The van der Waals surface area contributed by atoms with Gasteiger partial charge in [-0.3, -0.25) is 14.5 Å². The molecule has 0 fully saturated rings. The van der Waals surface area contributed by atoms with E-state index in [0.29, 0.717) is 5.69 Å². The fourth-order valence-corrected chi connectivity index (χ4v) is 3.29. The van der Waals surface area contributed by atoms with Gasteiger partial charge in [0.1, 0.15) is 5.69 Å². The SMILES string of the molecule is CCn1ncc(-c2cc(C(=O)N[C@H](c3ccccc3)c3ccncc3)on2)c1C. The van der Waals surface area contributed by atoms with Crippen LogP contribution in [0.4, 0.5) is 0 Å². The van der Waals surface area contributed by atoms with Gasteiger partial charge in [0.2, 0.25) is 5.76 Å². The topological polar surface area (TPSA) is 85.8 Å². The van der Waals surface area contributed by atoms with Crippen molar-refractivity contribution in [2.24, 2.45) is 0 Å². The fraction of sp³-hybridized carbons (Fsp3) is 0.182. The summed E-state index contributed by atoms with van der Waals surface area (Å²) < 4.78 is 7.21. The van der Waals surface area contributed by atoms with Gasteiger partial charge in [-0.25, -0.2) is 0 Å². The Morgan fingerprint density at radius 3 is 2.55 bits per heavy atom. The number of nitrogens with zero attached hydrogens (tertiary/aromatic N) is 4. The summed E-state index contributed by atoms with van der Waals surface area (Å²) in [7, 11) is 0. The third-order valence-electron chi connectivity index (χ3n) is 4.86. The minimum Gasteiger partial charge on any atom is -0.350 e. The zero-order valence-corrected chi connectivity index (χ0v) is 16.2. The van der Waals surface area contributed by atoms with E-state index in [9.17, 15) is 4.79 Å². The first-order valence-electron chi connectivity index (χ1n) is 9.42. The molecule has 3 aromatic heterocycles. The van der Waals surface area contributed by atoms with Crippen LogP contribution in [0.5, 0.6) is 0 Å². The molecule has 0 spiro atoms. The van der Waals surface area contributed by atoms with Crippen LogP contribution in [0.2, 0.25) is 0 Å². The van der Waals surface area contributed by atoms with Crippen molar-refractivity contribution in [2.75, 3.05) is 0 Å². The number of hydrogen-bond donors (Lipinski definition) is 1. The van der Waals surface area contributed by atoms with Crippen LogP contribution in [-0.4, -0.2) is 25.8 Å². The van der Waals surface area contributed by atoms with E-state index >= 15 is 0 Å². The molecular weight excluding hydrogens is 366 g/mol. The lowest BCUT2D eigenvalue weighted by molar-refractivity contribution is 0.0906. The van der Waals surface area contributed by atoms with E-state index in [0.717, 1.165) is 28.9 Å². The number of pyridine rings is 1. The largest absolute Gasteiger partial charge is 0.350 e. The van der Waals surface area contributed by atoms with Gasteiger partial charge in [0.15, 0.2) is 0 Å². The third kappa shape index (κ3) is 3.80. The number of carbonyl (C=O) groups is 1. The number of aryl methyl sites for hydroxylation is 1. The maximum atomic E-state index is 12.9. The molecule has 0 unspecified atom stereocenters. The van der Waals surface area contributed by atoms with Crippen molar-refractivity contribution in [1.82, 2.24) is 25.2 Å². The van der Waals surface area contributed by atoms with E-state index in [1.807, 2.05) is 61.0 Å². The van der Waals surface area contributed by atoms with Crippen molar-refractivity contribution < 1.29 is 9.32 Å². The molecular formula is C22H21N5O2. The number of benzene rings is 1. The Balaban J connectivity index is 1.60. The molecule has 0 bridgehead atoms. The van der Waals surface area contributed by atoms with E-state index in [1.54, 1.807) is 24.7 Å². The van der Waals surface area contributed by atoms with E-state index in [2.05, 4.69) is 20.6 Å². The van der Waals surface area contributed by atoms with E-state index in [4.69, 9.17) is 4.52 Å². The third-order valence-corrected chi connectivity index (χ3v) is 4.86. The highest BCUT2D eigenvalue weighted by Gasteiger charge is 2.22. The molecule has 3 heterocycles. The first-order chi connectivity index (χ1) is 14.2. The highest BCUT2D eigenvalue weighted by molar-refractivity contribution is 5.93. The maximum absolute atomic E-state index is 12.9. The van der Waals surface area contributed by atoms with Crippen molar-refractivity contribution in [2.45, 2.75) is 26.4 Å². The molecule has 1 aromatic carbocycles. The van der Waals surface area contributed by atoms with Crippen molar-refractivity contribution in [3.8, 4) is 11.3 Å². The molecule has 0 aliphatic carbocycles. The van der Waals surface area contributed by atoms with Gasteiger partial charge in [0, 0.05) is 36.3 Å². The van der Waals surface area contributed by atoms with Crippen molar-refractivity contribution in [3.05, 3.63) is 89.7 Å². The Labute approximate surface area is 168 Å². The predicted octanol–water partition coefficient (Wildman–Crippen LogP) is 3.78. The van der Waals surface area contributed by atoms with Gasteiger partial charge in [-0.2, -0.15) is 5.10 Å². The van der Waals surface area contributed by atoms with Crippen LogP contribution in [0.15, 0.2) is 71.6 Å². The lowest BCUT2D eigenvalue weighted by Gasteiger charge is -2.18. The van der Waals surface area contributed by atoms with Crippen LogP contribution in [0.25, 0.3) is 11.3 Å². The smallest absolute Gasteiger partial charge is 0.290 e. The van der Waals surface area contributed by atoms with Crippen LogP contribution in [0.3, 0.4) is 0 Å². The van der Waals surface area contributed by atoms with Crippen molar-refractivity contribution in [1.29, 1.82) is 0 Å². The standard InChI is InChI=1S/C22H21N5O2/c1-3-27-15(2)18(14-24-27)19-13-20(29-26-19)22(28)25-21(16-7-5-4-6-8-16)17-9-11-23-12-10-17/h4-14,21H,3H2,1-2H3,(H,25,28)/t21-/m1/s1. The zero-order chi connectivity index (χ0) is 20.2. The van der Waals surface area contributed by atoms with Gasteiger partial charge in [0.25, 0.3) is 5.91 Å². The number of nitrogens with one attached hydrogen (secondary N) is 1. The second-order valence-electron chi connectivity index (χ2n) is 6.63. The zero-order valence-electron chi connectivity index (χ0n) is 16.2. The summed E-state index contributed by atoms with van der Waals surface area (Å²) in [6, 6.07) is 14.8. The summed E-state index contributed by atoms with van der Waals surface area (Å²) in [4.78, 5) is 17.0. The second-order valence-corrected chi connectivity index (χ2v) is 6.63. The van der Waals surface area contributed by atoms with Gasteiger partial charge in [-0.15, -0.1) is 0 Å². The first-order valence-corrected chi connectivity index (χ1v) is 9.42. The maximum Gasteiger partial charge on any atom is 0.290 e. The molecule has 0 radical (unpaired) electrons. The Bertz CT molecular complexity index is 1060. The minimum atomic E-state index is -0.338. The van der Waals surface area contributed by atoms with E-state index < -0.39 is 0 Å². The molecule has 1 atom stereocenters. The lowest BCUT2D eigenvalue weighted by Crippen LogP contribution is -2.29. The summed E-state index contributed by atoms with van der Waals surface area (Å²) in [6.45, 7) is 4.76. The van der Waals surface area contributed by atoms with E-state index in [-0.39, 0.29) is 17.7 Å². The molecule has 0 saturated heterocycles. The number of rotatable bonds is 6. The van der Waals surface area contributed by atoms with E-state index in [1.165, 1.54) is 0 Å². The highest BCUT2D eigenvalue weighted by atomic mass is 16.5. The lowest BCUT2D eigenvalue weighted by atomic mass is 9.99.